The fourth-order valence-corrected chi connectivity index (χ4v) is 0. The largest absolute Gasteiger partial charge is 0.870 e. The first-order valence-corrected chi connectivity index (χ1v) is 0. The predicted molar refractivity (Wildman–Crippen MR) is 5.81 cm³/mol. The molecule has 0 bridgehead atoms. The van der Waals surface area contributed by atoms with Crippen LogP contribution in [0.1, 0.15) is 0 Å². The molecular weight excluding hydrogens is 144 g/mol. The maximum absolute atomic E-state index is 0. The molecule has 0 radical (unpaired) electrons. The van der Waals surface area contributed by atoms with Gasteiger partial charge in [-0.05, 0) is 0 Å². The maximum Gasteiger partial charge on any atom is 0 e. The Labute approximate surface area is 38.2 Å². The molecule has 0 aliphatic rings. The molecule has 0 aliphatic heterocycles. The Morgan fingerprint density at radius 2 is 0.500 bits per heavy atom. The molecule has 0 aromatic carbocycles. The number of hydrogen-bond acceptors (Lipinski definition) is 3. The van der Waals surface area contributed by atoms with Gasteiger partial charge in [0.2, 0.25) is 0 Å². The van der Waals surface area contributed by atoms with Crippen molar-refractivity contribution in [2.24, 2.45) is 0 Å². The van der Waals surface area contributed by atoms with Gasteiger partial charge in [0.25, 0.3) is 0 Å². The van der Waals surface area contributed by atoms with Gasteiger partial charge in [0.1, 0.15) is 0 Å². The Bertz CT molecular complexity index is 3.25. The fourth-order valence-electron chi connectivity index (χ4n) is 0. The summed E-state index contributed by atoms with van der Waals surface area (Å²) < 4.78 is 0. The van der Waals surface area contributed by atoms with Crippen LogP contribution in [0.15, 0.2) is 0 Å². The van der Waals surface area contributed by atoms with E-state index in [-0.39, 0.29) is 37.5 Å². The Balaban J connectivity index is 0. The Morgan fingerprint density at radius 3 is 0.500 bits per heavy atom. The van der Waals surface area contributed by atoms with Crippen LogP contribution < -0.4 is 0 Å². The summed E-state index contributed by atoms with van der Waals surface area (Å²) in [5, 5.41) is 0. The van der Waals surface area contributed by atoms with E-state index < -0.39 is 0 Å². The van der Waals surface area contributed by atoms with Crippen LogP contribution in [-0.2, 0) is 21.1 Å². The molecule has 0 spiro atoms. The first-order valence-electron chi connectivity index (χ1n) is 0. The van der Waals surface area contributed by atoms with Gasteiger partial charge in [-0.25, -0.2) is 0 Å². The molecule has 3 nitrogen and oxygen atoms in total. The Hall–Kier alpha value is 0.568. The van der Waals surface area contributed by atoms with Crippen LogP contribution in [0.4, 0.5) is 0 Å². The van der Waals surface area contributed by atoms with Crippen molar-refractivity contribution in [2.75, 3.05) is 0 Å². The van der Waals surface area contributed by atoms with Crippen molar-refractivity contribution >= 4 is 0 Å². The van der Waals surface area contributed by atoms with Gasteiger partial charge in [0.05, 0.1) is 0 Å². The summed E-state index contributed by atoms with van der Waals surface area (Å²) in [6.07, 6.45) is 0. The predicted octanol–water partition coefficient (Wildman–Crippen LogP) is -0.533. The molecule has 0 aliphatic carbocycles. The normalized spacial score (nSPS) is 0. The van der Waals surface area contributed by atoms with Crippen molar-refractivity contribution in [1.82, 2.24) is 0 Å². The van der Waals surface area contributed by atoms with Crippen molar-refractivity contribution < 1.29 is 37.5 Å². The van der Waals surface area contributed by atoms with Crippen LogP contribution in [0.25, 0.3) is 0 Å². The molecule has 0 rings (SSSR count). The van der Waals surface area contributed by atoms with Crippen molar-refractivity contribution in [1.29, 1.82) is 0 Å². The zero-order valence-electron chi connectivity index (χ0n) is 1.75. The van der Waals surface area contributed by atoms with Gasteiger partial charge >= 0.3 is 0 Å². The van der Waals surface area contributed by atoms with E-state index in [1.807, 2.05) is 0 Å². The van der Waals surface area contributed by atoms with Crippen LogP contribution in [0.3, 0.4) is 0 Å². The summed E-state index contributed by atoms with van der Waals surface area (Å²) in [5.41, 5.74) is 0. The van der Waals surface area contributed by atoms with Crippen molar-refractivity contribution in [3.05, 3.63) is 0 Å². The van der Waals surface area contributed by atoms with E-state index in [4.69, 9.17) is 0 Å². The van der Waals surface area contributed by atoms with E-state index in [2.05, 4.69) is 0 Å². The molecule has 0 saturated carbocycles. The molecule has 0 atom stereocenters. The molecule has 0 saturated heterocycles. The van der Waals surface area contributed by atoms with Crippen molar-refractivity contribution in [2.45, 2.75) is 0 Å². The van der Waals surface area contributed by atoms with E-state index in [0.29, 0.717) is 0 Å². The molecule has 0 aromatic heterocycles. The van der Waals surface area contributed by atoms with E-state index in [0.717, 1.165) is 0 Å². The topological polar surface area (TPSA) is 90.0 Å². The molecule has 0 amide bonds. The van der Waals surface area contributed by atoms with Gasteiger partial charge in [-0.3, -0.25) is 0 Å². The summed E-state index contributed by atoms with van der Waals surface area (Å²) in [5.74, 6) is 0. The van der Waals surface area contributed by atoms with Crippen molar-refractivity contribution in [3.63, 3.8) is 0 Å². The van der Waals surface area contributed by atoms with Crippen LogP contribution in [0, 0.1) is 0 Å². The third kappa shape index (κ3) is 19.6. The van der Waals surface area contributed by atoms with Gasteiger partial charge in [-0.2, -0.15) is 0 Å². The monoisotopic (exact) mass is 149 g/mol. The average molecular weight is 147 g/mol. The minimum atomic E-state index is 0. The third-order valence-corrected chi connectivity index (χ3v) is 0. The molecule has 4 heavy (non-hydrogen) atoms. The molecular formula is H3MoO3-3. The summed E-state index contributed by atoms with van der Waals surface area (Å²) in [6.45, 7) is 0. The second kappa shape index (κ2) is 72.9. The second-order valence-corrected chi connectivity index (χ2v) is 0. The zero-order valence-corrected chi connectivity index (χ0v) is 3.76. The first-order chi connectivity index (χ1) is 0. The van der Waals surface area contributed by atoms with Crippen LogP contribution in [-0.4, -0.2) is 16.4 Å². The minimum absolute atomic E-state index is 0. The molecule has 0 heterocycles. The second-order valence-electron chi connectivity index (χ2n) is 0. The smallest absolute Gasteiger partial charge is 0 e. The number of rotatable bonds is 0. The van der Waals surface area contributed by atoms with Gasteiger partial charge in [-0.1, -0.05) is 0 Å². The van der Waals surface area contributed by atoms with Gasteiger partial charge in [-0.15, -0.1) is 0 Å². The molecule has 0 aromatic rings. The summed E-state index contributed by atoms with van der Waals surface area (Å²) in [7, 11) is 0. The standard InChI is InChI=1S/Mo.3H2O/h;3*1H2/p-3. The molecule has 3 N–H and O–H groups in total. The van der Waals surface area contributed by atoms with E-state index >= 15 is 0 Å². The zero-order chi connectivity index (χ0) is 0. The van der Waals surface area contributed by atoms with Crippen LogP contribution in [0.5, 0.6) is 0 Å². The van der Waals surface area contributed by atoms with Crippen molar-refractivity contribution in [3.8, 4) is 0 Å². The van der Waals surface area contributed by atoms with E-state index in [1.165, 1.54) is 0 Å². The Morgan fingerprint density at radius 1 is 0.500 bits per heavy atom. The molecule has 4 heteroatoms. The molecule has 0 fully saturated rings. The van der Waals surface area contributed by atoms with E-state index in [1.54, 1.807) is 0 Å². The van der Waals surface area contributed by atoms with Crippen LogP contribution >= 0.6 is 0 Å². The third-order valence-electron chi connectivity index (χ3n) is 0. The minimum Gasteiger partial charge on any atom is -0.870 e. The average Bonchev–Trinajstić information content (AvgIpc) is 0. The molecule has 0 unspecified atom stereocenters. The first kappa shape index (κ1) is 180. The van der Waals surface area contributed by atoms with Gasteiger partial charge in [0, 0.05) is 21.1 Å². The Kier molecular flexibility index (Phi) is 3280. The summed E-state index contributed by atoms with van der Waals surface area (Å²) >= 11 is 0. The summed E-state index contributed by atoms with van der Waals surface area (Å²) in [6, 6.07) is 0. The SMILES string of the molecule is [Mo].[OH-].[OH-].[OH-]. The number of hydrogen-bond donors (Lipinski definition) is 0. The summed E-state index contributed by atoms with van der Waals surface area (Å²) in [4.78, 5) is 0. The molecule has 30 valence electrons. The quantitative estimate of drug-likeness (QED) is 0.431. The van der Waals surface area contributed by atoms with Gasteiger partial charge < -0.3 is 16.4 Å². The van der Waals surface area contributed by atoms with E-state index in [9.17, 15) is 0 Å². The maximum atomic E-state index is 0. The van der Waals surface area contributed by atoms with Crippen LogP contribution in [0.2, 0.25) is 0 Å². The van der Waals surface area contributed by atoms with Gasteiger partial charge in [0.15, 0.2) is 0 Å². The fraction of sp³-hybridized carbons (Fsp3) is 0.